The summed E-state index contributed by atoms with van der Waals surface area (Å²) >= 11 is 5.77. The van der Waals surface area contributed by atoms with Gasteiger partial charge in [-0.25, -0.2) is 4.79 Å². The molecular weight excluding hydrogens is 378 g/mol. The Balaban J connectivity index is 1.95. The number of nitro groups is 1. The zero-order chi connectivity index (χ0) is 20.0. The van der Waals surface area contributed by atoms with Crippen LogP contribution in [0.4, 0.5) is 17.1 Å². The Morgan fingerprint density at radius 3 is 2.37 bits per heavy atom. The lowest BCUT2D eigenvalue weighted by Gasteiger charge is -2.08. The fourth-order valence-corrected chi connectivity index (χ4v) is 2.23. The molecule has 0 fully saturated rings. The molecule has 140 valence electrons. The molecule has 2 aromatic rings. The number of hydrogen-bond acceptors (Lipinski definition) is 6. The standard InChI is InChI=1S/C17H14ClN3O6/c1-10(22)19-13-5-2-11(3-6-13)17(24)27-9-16(23)20-14-8-12(18)4-7-15(14)21(25)26/h2-8H,9H2,1H3,(H,19,22)(H,20,23). The Bertz CT molecular complexity index is 898. The second kappa shape index (κ2) is 8.77. The molecule has 0 aliphatic heterocycles. The molecule has 0 unspecified atom stereocenters. The Hall–Kier alpha value is -3.46. The van der Waals surface area contributed by atoms with Crippen LogP contribution in [0.25, 0.3) is 0 Å². The topological polar surface area (TPSA) is 128 Å². The highest BCUT2D eigenvalue weighted by Gasteiger charge is 2.17. The van der Waals surface area contributed by atoms with Gasteiger partial charge in [-0.15, -0.1) is 0 Å². The molecule has 9 nitrogen and oxygen atoms in total. The van der Waals surface area contributed by atoms with Crippen LogP contribution in [0, 0.1) is 10.1 Å². The first kappa shape index (κ1) is 19.9. The predicted molar refractivity (Wildman–Crippen MR) is 97.8 cm³/mol. The number of carbonyl (C=O) groups excluding carboxylic acids is 3. The Morgan fingerprint density at radius 2 is 1.78 bits per heavy atom. The van der Waals surface area contributed by atoms with Crippen LogP contribution in [0.5, 0.6) is 0 Å². The molecule has 2 amide bonds. The highest BCUT2D eigenvalue weighted by molar-refractivity contribution is 6.31. The molecule has 0 aliphatic rings. The quantitative estimate of drug-likeness (QED) is 0.442. The summed E-state index contributed by atoms with van der Waals surface area (Å²) in [6.07, 6.45) is 0. The molecule has 0 aromatic heterocycles. The van der Waals surface area contributed by atoms with Crippen molar-refractivity contribution < 1.29 is 24.0 Å². The zero-order valence-electron chi connectivity index (χ0n) is 14.0. The minimum atomic E-state index is -0.764. The molecular formula is C17H14ClN3O6. The minimum absolute atomic E-state index is 0.104. The molecule has 2 N–H and O–H groups in total. The van der Waals surface area contributed by atoms with Crippen LogP contribution in [-0.2, 0) is 14.3 Å². The van der Waals surface area contributed by atoms with Crippen LogP contribution in [0.1, 0.15) is 17.3 Å². The second-order valence-electron chi connectivity index (χ2n) is 5.30. The zero-order valence-corrected chi connectivity index (χ0v) is 14.8. The number of benzene rings is 2. The van der Waals surface area contributed by atoms with Gasteiger partial charge in [0.2, 0.25) is 5.91 Å². The monoisotopic (exact) mass is 391 g/mol. The van der Waals surface area contributed by atoms with Crippen molar-refractivity contribution in [1.29, 1.82) is 0 Å². The fourth-order valence-electron chi connectivity index (χ4n) is 2.06. The van der Waals surface area contributed by atoms with Crippen LogP contribution in [0.15, 0.2) is 42.5 Å². The van der Waals surface area contributed by atoms with E-state index in [-0.39, 0.29) is 27.9 Å². The van der Waals surface area contributed by atoms with Crippen molar-refractivity contribution in [3.8, 4) is 0 Å². The summed E-state index contributed by atoms with van der Waals surface area (Å²) < 4.78 is 4.87. The maximum absolute atomic E-state index is 11.9. The molecule has 0 atom stereocenters. The summed E-state index contributed by atoms with van der Waals surface area (Å²) in [7, 11) is 0. The molecule has 10 heteroatoms. The van der Waals surface area contributed by atoms with Gasteiger partial charge in [-0.05, 0) is 36.4 Å². The predicted octanol–water partition coefficient (Wildman–Crippen LogP) is 3.00. The Morgan fingerprint density at radius 1 is 1.11 bits per heavy atom. The smallest absolute Gasteiger partial charge is 0.338 e. The van der Waals surface area contributed by atoms with Crippen molar-refractivity contribution in [2.45, 2.75) is 6.92 Å². The van der Waals surface area contributed by atoms with Gasteiger partial charge in [-0.2, -0.15) is 0 Å². The number of esters is 1. The number of amides is 2. The molecule has 0 bridgehead atoms. The summed E-state index contributed by atoms with van der Waals surface area (Å²) in [6, 6.07) is 9.56. The summed E-state index contributed by atoms with van der Waals surface area (Å²) in [6.45, 7) is 0.709. The average Bonchev–Trinajstić information content (AvgIpc) is 2.59. The van der Waals surface area contributed by atoms with E-state index in [1.54, 1.807) is 0 Å². The number of halogens is 1. The minimum Gasteiger partial charge on any atom is -0.452 e. The van der Waals surface area contributed by atoms with Gasteiger partial charge in [0.1, 0.15) is 5.69 Å². The molecule has 0 spiro atoms. The first-order chi connectivity index (χ1) is 12.8. The fraction of sp³-hybridized carbons (Fsp3) is 0.118. The molecule has 0 aliphatic carbocycles. The van der Waals surface area contributed by atoms with Crippen molar-refractivity contribution in [3.63, 3.8) is 0 Å². The van der Waals surface area contributed by atoms with Gasteiger partial charge in [0.25, 0.3) is 11.6 Å². The first-order valence-corrected chi connectivity index (χ1v) is 7.92. The SMILES string of the molecule is CC(=O)Nc1ccc(C(=O)OCC(=O)Nc2cc(Cl)ccc2[N+](=O)[O-])cc1. The molecule has 2 aromatic carbocycles. The van der Waals surface area contributed by atoms with Gasteiger partial charge < -0.3 is 15.4 Å². The van der Waals surface area contributed by atoms with E-state index in [0.29, 0.717) is 5.69 Å². The number of nitrogens with one attached hydrogen (secondary N) is 2. The summed E-state index contributed by atoms with van der Waals surface area (Å²) in [4.78, 5) is 45.1. The lowest BCUT2D eigenvalue weighted by molar-refractivity contribution is -0.383. The van der Waals surface area contributed by atoms with Crippen LogP contribution in [0.3, 0.4) is 0 Å². The lowest BCUT2D eigenvalue weighted by Crippen LogP contribution is -2.21. The first-order valence-electron chi connectivity index (χ1n) is 7.55. The van der Waals surface area contributed by atoms with Gasteiger partial charge in [0.15, 0.2) is 6.61 Å². The van der Waals surface area contributed by atoms with E-state index < -0.39 is 23.4 Å². The molecule has 0 saturated carbocycles. The third-order valence-electron chi connectivity index (χ3n) is 3.20. The molecule has 27 heavy (non-hydrogen) atoms. The number of ether oxygens (including phenoxy) is 1. The molecule has 0 radical (unpaired) electrons. The highest BCUT2D eigenvalue weighted by atomic mass is 35.5. The van der Waals surface area contributed by atoms with E-state index in [9.17, 15) is 24.5 Å². The van der Waals surface area contributed by atoms with E-state index in [2.05, 4.69) is 10.6 Å². The third-order valence-corrected chi connectivity index (χ3v) is 3.44. The number of rotatable bonds is 6. The van der Waals surface area contributed by atoms with E-state index in [1.807, 2.05) is 0 Å². The van der Waals surface area contributed by atoms with Gasteiger partial charge in [0, 0.05) is 23.7 Å². The van der Waals surface area contributed by atoms with Gasteiger partial charge in [-0.1, -0.05) is 11.6 Å². The van der Waals surface area contributed by atoms with Gasteiger partial charge in [0.05, 0.1) is 10.5 Å². The van der Waals surface area contributed by atoms with Crippen molar-refractivity contribution in [3.05, 3.63) is 63.2 Å². The van der Waals surface area contributed by atoms with Crippen molar-refractivity contribution in [2.24, 2.45) is 0 Å². The molecule has 2 rings (SSSR count). The lowest BCUT2D eigenvalue weighted by atomic mass is 10.2. The summed E-state index contributed by atoms with van der Waals surface area (Å²) in [5.41, 5.74) is 0.233. The number of carbonyl (C=O) groups is 3. The maximum atomic E-state index is 11.9. The van der Waals surface area contributed by atoms with E-state index in [0.717, 1.165) is 6.07 Å². The number of anilines is 2. The van der Waals surface area contributed by atoms with Crippen LogP contribution in [0.2, 0.25) is 5.02 Å². The largest absolute Gasteiger partial charge is 0.452 e. The van der Waals surface area contributed by atoms with E-state index in [4.69, 9.17) is 16.3 Å². The van der Waals surface area contributed by atoms with Crippen molar-refractivity contribution >= 4 is 46.4 Å². The average molecular weight is 392 g/mol. The van der Waals surface area contributed by atoms with Crippen molar-refractivity contribution in [2.75, 3.05) is 17.2 Å². The summed E-state index contributed by atoms with van der Waals surface area (Å²) in [5.74, 6) is -1.78. The van der Waals surface area contributed by atoms with Crippen LogP contribution in [-0.4, -0.2) is 29.3 Å². The van der Waals surface area contributed by atoms with Crippen LogP contribution >= 0.6 is 11.6 Å². The third kappa shape index (κ3) is 5.79. The number of hydrogen-bond donors (Lipinski definition) is 2. The maximum Gasteiger partial charge on any atom is 0.338 e. The normalized spacial score (nSPS) is 10.0. The number of nitrogens with zero attached hydrogens (tertiary/aromatic N) is 1. The van der Waals surface area contributed by atoms with Gasteiger partial charge in [-0.3, -0.25) is 19.7 Å². The Labute approximate surface area is 158 Å². The summed E-state index contributed by atoms with van der Waals surface area (Å²) in [5, 5.41) is 16.0. The van der Waals surface area contributed by atoms with Crippen molar-refractivity contribution in [1.82, 2.24) is 0 Å². The Kier molecular flexibility index (Phi) is 6.45. The molecule has 0 saturated heterocycles. The number of nitro benzene ring substituents is 1. The van der Waals surface area contributed by atoms with E-state index in [1.165, 1.54) is 43.3 Å². The van der Waals surface area contributed by atoms with E-state index >= 15 is 0 Å². The van der Waals surface area contributed by atoms with Crippen LogP contribution < -0.4 is 10.6 Å². The molecule has 0 heterocycles. The van der Waals surface area contributed by atoms with Gasteiger partial charge >= 0.3 is 5.97 Å². The second-order valence-corrected chi connectivity index (χ2v) is 5.74. The highest BCUT2D eigenvalue weighted by Crippen LogP contribution is 2.27.